The van der Waals surface area contributed by atoms with Crippen molar-refractivity contribution in [1.29, 1.82) is 0 Å². The molecule has 2 nitrogen and oxygen atoms in total. The Balaban J connectivity index is 1.97. The molecule has 0 aromatic heterocycles. The van der Waals surface area contributed by atoms with Crippen LogP contribution in [0, 0.1) is 12.6 Å². The second kappa shape index (κ2) is 3.16. The lowest BCUT2D eigenvalue weighted by Gasteiger charge is -2.19. The first-order valence-corrected chi connectivity index (χ1v) is 4.32. The van der Waals surface area contributed by atoms with E-state index in [0.717, 1.165) is 5.71 Å². The molecule has 0 amide bonds. The lowest BCUT2D eigenvalue weighted by Crippen LogP contribution is -2.17. The van der Waals surface area contributed by atoms with Gasteiger partial charge in [-0.15, -0.1) is 0 Å². The number of hydrogen-bond acceptors (Lipinski definition) is 2. The first-order valence-electron chi connectivity index (χ1n) is 4.32. The van der Waals surface area contributed by atoms with Gasteiger partial charge in [-0.3, -0.25) is 4.99 Å². The zero-order valence-electron chi connectivity index (χ0n) is 6.58. The number of aliphatic imine (C=N–C) groups is 2. The van der Waals surface area contributed by atoms with Crippen molar-refractivity contribution in [3.8, 4) is 0 Å². The maximum absolute atomic E-state index is 4.10. The molecule has 1 heterocycles. The fraction of sp³-hybridized carbons (Fsp3) is 0.667. The van der Waals surface area contributed by atoms with Crippen molar-refractivity contribution in [3.63, 3.8) is 0 Å². The lowest BCUT2D eigenvalue weighted by molar-refractivity contribution is 0.442. The lowest BCUT2D eigenvalue weighted by atomic mass is 9.86. The Labute approximate surface area is 67.4 Å². The maximum Gasteiger partial charge on any atom is 0.250 e. The second-order valence-electron chi connectivity index (χ2n) is 3.23. The van der Waals surface area contributed by atoms with Gasteiger partial charge in [0, 0.05) is 12.1 Å². The molecule has 11 heavy (non-hydrogen) atoms. The summed E-state index contributed by atoms with van der Waals surface area (Å²) in [6.07, 6.45) is 8.57. The fourth-order valence-corrected chi connectivity index (χ4v) is 1.81. The highest BCUT2D eigenvalue weighted by atomic mass is 15.0. The zero-order valence-corrected chi connectivity index (χ0v) is 6.58. The minimum absolute atomic E-state index is 0.683. The van der Waals surface area contributed by atoms with Crippen molar-refractivity contribution in [2.45, 2.75) is 32.1 Å². The van der Waals surface area contributed by atoms with E-state index in [2.05, 4.69) is 16.7 Å². The number of nitrogens with zero attached hydrogens (tertiary/aromatic N) is 2. The summed E-state index contributed by atoms with van der Waals surface area (Å²) in [6, 6.07) is 0. The van der Waals surface area contributed by atoms with Crippen molar-refractivity contribution in [2.24, 2.45) is 15.9 Å². The minimum Gasteiger partial charge on any atom is -0.252 e. The van der Waals surface area contributed by atoms with Crippen LogP contribution in [0.5, 0.6) is 0 Å². The predicted octanol–water partition coefficient (Wildman–Crippen LogP) is 2.09. The SMILES string of the molecule is [C]1N=CC(C2CCCCC2)=N1. The molecule has 2 radical (unpaired) electrons. The molecular weight excluding hydrogens is 136 g/mol. The third-order valence-electron chi connectivity index (χ3n) is 2.46. The third-order valence-corrected chi connectivity index (χ3v) is 2.46. The van der Waals surface area contributed by atoms with Crippen LogP contribution in [0.25, 0.3) is 0 Å². The van der Waals surface area contributed by atoms with Crippen LogP contribution in [0.15, 0.2) is 9.98 Å². The van der Waals surface area contributed by atoms with Crippen molar-refractivity contribution in [1.82, 2.24) is 0 Å². The van der Waals surface area contributed by atoms with E-state index in [0.29, 0.717) is 5.92 Å². The molecule has 1 fully saturated rings. The topological polar surface area (TPSA) is 24.7 Å². The van der Waals surface area contributed by atoms with Crippen molar-refractivity contribution in [2.75, 3.05) is 0 Å². The Morgan fingerprint density at radius 2 is 2.09 bits per heavy atom. The van der Waals surface area contributed by atoms with Crippen LogP contribution in [0.4, 0.5) is 0 Å². The van der Waals surface area contributed by atoms with Crippen LogP contribution in [0.2, 0.25) is 0 Å². The van der Waals surface area contributed by atoms with Gasteiger partial charge in [0.15, 0.2) is 0 Å². The second-order valence-corrected chi connectivity index (χ2v) is 3.23. The molecule has 58 valence electrons. The van der Waals surface area contributed by atoms with Gasteiger partial charge in [0.05, 0.1) is 5.71 Å². The summed E-state index contributed by atoms with van der Waals surface area (Å²) in [6.45, 7) is 2.63. The summed E-state index contributed by atoms with van der Waals surface area (Å²) in [5.74, 6) is 0.683. The van der Waals surface area contributed by atoms with Crippen LogP contribution in [-0.4, -0.2) is 11.9 Å². The Kier molecular flexibility index (Phi) is 2.01. The molecule has 0 saturated heterocycles. The Morgan fingerprint density at radius 1 is 1.27 bits per heavy atom. The summed E-state index contributed by atoms with van der Waals surface area (Å²) in [5, 5.41) is 0. The quantitative estimate of drug-likeness (QED) is 0.544. The molecule has 2 aliphatic rings. The smallest absolute Gasteiger partial charge is 0.250 e. The van der Waals surface area contributed by atoms with Crippen LogP contribution >= 0.6 is 0 Å². The van der Waals surface area contributed by atoms with Crippen molar-refractivity contribution in [3.05, 3.63) is 6.67 Å². The summed E-state index contributed by atoms with van der Waals surface area (Å²) >= 11 is 0. The van der Waals surface area contributed by atoms with E-state index in [4.69, 9.17) is 0 Å². The molecule has 0 aromatic rings. The van der Waals surface area contributed by atoms with Gasteiger partial charge in [0.25, 0.3) is 0 Å². The van der Waals surface area contributed by atoms with E-state index >= 15 is 0 Å². The van der Waals surface area contributed by atoms with Gasteiger partial charge >= 0.3 is 0 Å². The average molecular weight is 148 g/mol. The Morgan fingerprint density at radius 3 is 2.73 bits per heavy atom. The molecule has 0 unspecified atom stereocenters. The molecule has 0 bridgehead atoms. The van der Waals surface area contributed by atoms with Crippen molar-refractivity contribution < 1.29 is 0 Å². The molecule has 1 aliphatic carbocycles. The molecule has 0 N–H and O–H groups in total. The van der Waals surface area contributed by atoms with Crippen LogP contribution in [0.1, 0.15) is 32.1 Å². The normalized spacial score (nSPS) is 25.6. The van der Waals surface area contributed by atoms with Gasteiger partial charge in [-0.05, 0) is 12.8 Å². The van der Waals surface area contributed by atoms with Crippen LogP contribution in [0.3, 0.4) is 0 Å². The minimum atomic E-state index is 0.683. The van der Waals surface area contributed by atoms with Gasteiger partial charge in [-0.1, -0.05) is 19.3 Å². The summed E-state index contributed by atoms with van der Waals surface area (Å²) < 4.78 is 0. The van der Waals surface area contributed by atoms with Crippen molar-refractivity contribution >= 4 is 11.9 Å². The monoisotopic (exact) mass is 148 g/mol. The van der Waals surface area contributed by atoms with E-state index in [1.807, 2.05) is 6.21 Å². The van der Waals surface area contributed by atoms with E-state index < -0.39 is 0 Å². The zero-order chi connectivity index (χ0) is 7.52. The van der Waals surface area contributed by atoms with Gasteiger partial charge < -0.3 is 0 Å². The molecular formula is C9H12N2. The summed E-state index contributed by atoms with van der Waals surface area (Å²) in [5.41, 5.74) is 1.16. The van der Waals surface area contributed by atoms with Gasteiger partial charge in [0.2, 0.25) is 6.67 Å². The molecule has 2 rings (SSSR count). The van der Waals surface area contributed by atoms with Gasteiger partial charge in [-0.25, -0.2) is 4.99 Å². The Bertz CT molecular complexity index is 188. The average Bonchev–Trinajstić information content (AvgIpc) is 2.58. The predicted molar refractivity (Wildman–Crippen MR) is 45.7 cm³/mol. The number of rotatable bonds is 1. The molecule has 2 heteroatoms. The first-order chi connectivity index (χ1) is 5.47. The molecule has 1 aliphatic heterocycles. The first kappa shape index (κ1) is 7.01. The van der Waals surface area contributed by atoms with Gasteiger partial charge in [0.1, 0.15) is 0 Å². The van der Waals surface area contributed by atoms with E-state index in [1.54, 1.807) is 0 Å². The van der Waals surface area contributed by atoms with Gasteiger partial charge in [-0.2, -0.15) is 0 Å². The highest BCUT2D eigenvalue weighted by molar-refractivity contribution is 6.32. The highest BCUT2D eigenvalue weighted by Crippen LogP contribution is 2.25. The number of hydrogen-bond donors (Lipinski definition) is 0. The van der Waals surface area contributed by atoms with E-state index in [9.17, 15) is 0 Å². The maximum atomic E-state index is 4.10. The largest absolute Gasteiger partial charge is 0.252 e. The molecule has 0 aromatic carbocycles. The molecule has 0 spiro atoms. The summed E-state index contributed by atoms with van der Waals surface area (Å²) in [7, 11) is 0. The molecule has 1 saturated carbocycles. The third kappa shape index (κ3) is 1.50. The Hall–Kier alpha value is -0.660. The standard InChI is InChI=1S/C9H12N2/c1-2-4-8(5-3-1)9-6-10-7-11-9/h6,8H,1-5H2. The molecule has 0 atom stereocenters. The fourth-order valence-electron chi connectivity index (χ4n) is 1.81. The highest BCUT2D eigenvalue weighted by Gasteiger charge is 2.19. The van der Waals surface area contributed by atoms with Crippen LogP contribution in [-0.2, 0) is 0 Å². The van der Waals surface area contributed by atoms with E-state index in [-0.39, 0.29) is 0 Å². The van der Waals surface area contributed by atoms with Crippen LogP contribution < -0.4 is 0 Å². The summed E-state index contributed by atoms with van der Waals surface area (Å²) in [4.78, 5) is 7.97. The van der Waals surface area contributed by atoms with E-state index in [1.165, 1.54) is 32.1 Å².